The van der Waals surface area contributed by atoms with Crippen LogP contribution in [0.3, 0.4) is 0 Å². The zero-order valence-electron chi connectivity index (χ0n) is 10.9. The van der Waals surface area contributed by atoms with E-state index in [-0.39, 0.29) is 17.8 Å². The number of amides is 1. The van der Waals surface area contributed by atoms with Crippen molar-refractivity contribution >= 4 is 29.2 Å². The van der Waals surface area contributed by atoms with Crippen molar-refractivity contribution in [3.8, 4) is 0 Å². The monoisotopic (exact) mass is 300 g/mol. The normalized spacial score (nSPS) is 11.6. The van der Waals surface area contributed by atoms with Crippen LogP contribution in [0, 0.1) is 17.0 Å². The van der Waals surface area contributed by atoms with Crippen molar-refractivity contribution in [1.82, 2.24) is 5.32 Å². The van der Waals surface area contributed by atoms with Crippen LogP contribution in [0.1, 0.15) is 15.9 Å². The highest BCUT2D eigenvalue weighted by molar-refractivity contribution is 6.30. The third-order valence-electron chi connectivity index (χ3n) is 2.57. The number of nitro benzene ring substituents is 1. The molecule has 1 N–H and O–H groups in total. The summed E-state index contributed by atoms with van der Waals surface area (Å²) in [4.78, 5) is 33.3. The average Bonchev–Trinajstić information content (AvgIpc) is 2.42. The minimum absolute atomic E-state index is 0.0498. The van der Waals surface area contributed by atoms with E-state index in [0.717, 1.165) is 0 Å². The van der Waals surface area contributed by atoms with E-state index in [4.69, 9.17) is 11.6 Å². The highest BCUT2D eigenvalue weighted by Gasteiger charge is 2.23. The molecular weight excluding hydrogens is 288 g/mol. The molecule has 7 nitrogen and oxygen atoms in total. The second-order valence-corrected chi connectivity index (χ2v) is 4.45. The van der Waals surface area contributed by atoms with Crippen LogP contribution in [0.2, 0.25) is 0 Å². The molecule has 1 unspecified atom stereocenters. The SMILES string of the molecule is COC(=O)C(Cl)CNC(=O)c1c(C)cccc1[N+](=O)[O-]. The molecule has 0 aliphatic heterocycles. The van der Waals surface area contributed by atoms with Gasteiger partial charge in [-0.25, -0.2) is 0 Å². The minimum atomic E-state index is -1.05. The second-order valence-electron chi connectivity index (χ2n) is 3.93. The molecule has 0 aliphatic rings. The highest BCUT2D eigenvalue weighted by atomic mass is 35.5. The molecule has 1 atom stereocenters. The molecule has 108 valence electrons. The van der Waals surface area contributed by atoms with Crippen molar-refractivity contribution in [2.45, 2.75) is 12.3 Å². The summed E-state index contributed by atoms with van der Waals surface area (Å²) in [5.74, 6) is -1.35. The van der Waals surface area contributed by atoms with Gasteiger partial charge in [0.1, 0.15) is 10.9 Å². The molecule has 1 aromatic carbocycles. The van der Waals surface area contributed by atoms with Crippen LogP contribution in [-0.2, 0) is 9.53 Å². The van der Waals surface area contributed by atoms with Crippen molar-refractivity contribution in [3.63, 3.8) is 0 Å². The van der Waals surface area contributed by atoms with Crippen molar-refractivity contribution in [1.29, 1.82) is 0 Å². The molecule has 20 heavy (non-hydrogen) atoms. The van der Waals surface area contributed by atoms with Crippen molar-refractivity contribution in [2.24, 2.45) is 0 Å². The fourth-order valence-corrected chi connectivity index (χ4v) is 1.75. The Balaban J connectivity index is 2.88. The number of nitrogens with zero attached hydrogens (tertiary/aromatic N) is 1. The first kappa shape index (κ1) is 15.9. The summed E-state index contributed by atoms with van der Waals surface area (Å²) in [7, 11) is 1.17. The van der Waals surface area contributed by atoms with Crippen LogP contribution in [0.4, 0.5) is 5.69 Å². The van der Waals surface area contributed by atoms with Crippen LogP contribution in [0.25, 0.3) is 0 Å². The highest BCUT2D eigenvalue weighted by Crippen LogP contribution is 2.21. The molecule has 1 rings (SSSR count). The molecule has 0 fully saturated rings. The third-order valence-corrected chi connectivity index (χ3v) is 2.91. The van der Waals surface area contributed by atoms with Gasteiger partial charge in [0.25, 0.3) is 11.6 Å². The van der Waals surface area contributed by atoms with E-state index in [1.54, 1.807) is 13.0 Å². The van der Waals surface area contributed by atoms with E-state index in [2.05, 4.69) is 10.1 Å². The molecule has 8 heteroatoms. The first-order chi connectivity index (χ1) is 9.38. The van der Waals surface area contributed by atoms with Gasteiger partial charge in [0.05, 0.1) is 12.0 Å². The number of benzene rings is 1. The maximum absolute atomic E-state index is 12.0. The molecule has 0 aliphatic carbocycles. The molecule has 0 saturated carbocycles. The topological polar surface area (TPSA) is 98.5 Å². The van der Waals surface area contributed by atoms with Crippen LogP contribution >= 0.6 is 11.6 Å². The van der Waals surface area contributed by atoms with Gasteiger partial charge in [0.2, 0.25) is 0 Å². The summed E-state index contributed by atoms with van der Waals surface area (Å²) in [5, 5.41) is 12.2. The first-order valence-electron chi connectivity index (χ1n) is 5.62. The number of ether oxygens (including phenoxy) is 1. The lowest BCUT2D eigenvalue weighted by atomic mass is 10.1. The fraction of sp³-hybridized carbons (Fsp3) is 0.333. The molecule has 0 aromatic heterocycles. The molecule has 0 radical (unpaired) electrons. The van der Waals surface area contributed by atoms with Crippen LogP contribution in [-0.4, -0.2) is 35.8 Å². The fourth-order valence-electron chi connectivity index (χ4n) is 1.58. The van der Waals surface area contributed by atoms with Gasteiger partial charge < -0.3 is 10.1 Å². The Morgan fingerprint density at radius 1 is 1.50 bits per heavy atom. The quantitative estimate of drug-likeness (QED) is 0.384. The Labute approximate surface area is 120 Å². The number of rotatable bonds is 5. The molecular formula is C12H13ClN2O5. The number of nitrogens with one attached hydrogen (secondary N) is 1. The van der Waals surface area contributed by atoms with Crippen molar-refractivity contribution in [3.05, 3.63) is 39.4 Å². The Bertz CT molecular complexity index is 547. The number of halogens is 1. The smallest absolute Gasteiger partial charge is 0.325 e. The van der Waals surface area contributed by atoms with Gasteiger partial charge >= 0.3 is 5.97 Å². The van der Waals surface area contributed by atoms with Crippen molar-refractivity contribution < 1.29 is 19.2 Å². The summed E-state index contributed by atoms with van der Waals surface area (Å²) >= 11 is 5.68. The third kappa shape index (κ3) is 3.67. The molecule has 1 aromatic rings. The van der Waals surface area contributed by atoms with Gasteiger partial charge in [-0.1, -0.05) is 12.1 Å². The second kappa shape index (κ2) is 6.85. The van der Waals surface area contributed by atoms with Crippen LogP contribution in [0.5, 0.6) is 0 Å². The zero-order valence-corrected chi connectivity index (χ0v) is 11.6. The summed E-state index contributed by atoms with van der Waals surface area (Å²) in [5.41, 5.74) is 0.110. The van der Waals surface area contributed by atoms with Gasteiger partial charge in [-0.05, 0) is 12.5 Å². The molecule has 1 amide bonds. The number of hydrogen-bond acceptors (Lipinski definition) is 5. The number of aryl methyl sites for hydroxylation is 1. The summed E-state index contributed by atoms with van der Waals surface area (Å²) in [6.07, 6.45) is 0. The van der Waals surface area contributed by atoms with Crippen molar-refractivity contribution in [2.75, 3.05) is 13.7 Å². The largest absolute Gasteiger partial charge is 0.468 e. The Kier molecular flexibility index (Phi) is 5.45. The number of esters is 1. The van der Waals surface area contributed by atoms with E-state index in [1.165, 1.54) is 19.2 Å². The molecule has 0 saturated heterocycles. The predicted molar refractivity (Wildman–Crippen MR) is 71.8 cm³/mol. The summed E-state index contributed by atoms with van der Waals surface area (Å²) < 4.78 is 4.41. The number of methoxy groups -OCH3 is 1. The Morgan fingerprint density at radius 2 is 2.15 bits per heavy atom. The average molecular weight is 301 g/mol. The van der Waals surface area contributed by atoms with Crippen LogP contribution < -0.4 is 5.32 Å². The van der Waals surface area contributed by atoms with E-state index in [1.807, 2.05) is 0 Å². The van der Waals surface area contributed by atoms with Gasteiger partial charge in [0.15, 0.2) is 0 Å². The van der Waals surface area contributed by atoms with E-state index in [9.17, 15) is 19.7 Å². The maximum Gasteiger partial charge on any atom is 0.325 e. The minimum Gasteiger partial charge on any atom is -0.468 e. The molecule has 0 bridgehead atoms. The van der Waals surface area contributed by atoms with Gasteiger partial charge in [-0.3, -0.25) is 19.7 Å². The van der Waals surface area contributed by atoms with Gasteiger partial charge in [-0.15, -0.1) is 11.6 Å². The van der Waals surface area contributed by atoms with Gasteiger partial charge in [0, 0.05) is 12.6 Å². The lowest BCUT2D eigenvalue weighted by Gasteiger charge is -2.10. The van der Waals surface area contributed by atoms with Gasteiger partial charge in [-0.2, -0.15) is 0 Å². The Hall–Kier alpha value is -2.15. The lowest BCUT2D eigenvalue weighted by Crippen LogP contribution is -2.34. The predicted octanol–water partition coefficient (Wildman–Crippen LogP) is 1.41. The van der Waals surface area contributed by atoms with E-state index in [0.29, 0.717) is 5.56 Å². The number of hydrogen-bond donors (Lipinski definition) is 1. The number of nitro groups is 1. The standard InChI is InChI=1S/C12H13ClN2O5/c1-7-4-3-5-9(15(18)19)10(7)11(16)14-6-8(13)12(17)20-2/h3-5,8H,6H2,1-2H3,(H,14,16). The Morgan fingerprint density at radius 3 is 2.70 bits per heavy atom. The van der Waals surface area contributed by atoms with Crippen LogP contribution in [0.15, 0.2) is 18.2 Å². The van der Waals surface area contributed by atoms with E-state index >= 15 is 0 Å². The zero-order chi connectivity index (χ0) is 15.3. The number of alkyl halides is 1. The first-order valence-corrected chi connectivity index (χ1v) is 6.06. The lowest BCUT2D eigenvalue weighted by molar-refractivity contribution is -0.385. The van der Waals surface area contributed by atoms with E-state index < -0.39 is 22.2 Å². The maximum atomic E-state index is 12.0. The summed E-state index contributed by atoms with van der Waals surface area (Å²) in [6, 6.07) is 4.31. The number of carbonyl (C=O) groups excluding carboxylic acids is 2. The molecule has 0 heterocycles. The summed E-state index contributed by atoms with van der Waals surface area (Å²) in [6.45, 7) is 1.40. The number of carbonyl (C=O) groups is 2. The molecule has 0 spiro atoms.